The van der Waals surface area contributed by atoms with Crippen LogP contribution in [0.15, 0.2) is 84.1 Å². The van der Waals surface area contributed by atoms with Gasteiger partial charge >= 0.3 is 0 Å². The number of para-hydroxylation sites is 1. The summed E-state index contributed by atoms with van der Waals surface area (Å²) in [4.78, 5) is 12.3. The normalized spacial score (nSPS) is 11.3. The Balaban J connectivity index is 1.46. The lowest BCUT2D eigenvalue weighted by atomic mass is 10.1. The van der Waals surface area contributed by atoms with Gasteiger partial charge in [0, 0.05) is 32.8 Å². The first-order chi connectivity index (χ1) is 15.1. The molecule has 0 aliphatic carbocycles. The second kappa shape index (κ2) is 9.92. The third kappa shape index (κ3) is 5.41. The van der Waals surface area contributed by atoms with E-state index in [0.717, 1.165) is 35.0 Å². The summed E-state index contributed by atoms with van der Waals surface area (Å²) in [7, 11) is 0. The third-order valence-corrected chi connectivity index (χ3v) is 5.99. The molecule has 4 rings (SSSR count). The Morgan fingerprint density at radius 3 is 2.39 bits per heavy atom. The van der Waals surface area contributed by atoms with Gasteiger partial charge < -0.3 is 4.57 Å². The Morgan fingerprint density at radius 1 is 0.968 bits per heavy atom. The predicted octanol–water partition coefficient (Wildman–Crippen LogP) is 5.55. The maximum absolute atomic E-state index is 12.3. The molecule has 31 heavy (non-hydrogen) atoms. The van der Waals surface area contributed by atoms with E-state index in [0.29, 0.717) is 6.42 Å². The molecule has 0 saturated carbocycles. The van der Waals surface area contributed by atoms with Crippen molar-refractivity contribution in [1.29, 1.82) is 0 Å². The second-order valence-corrected chi connectivity index (χ2v) is 8.74. The van der Waals surface area contributed by atoms with Gasteiger partial charge in [-0.3, -0.25) is 4.79 Å². The minimum absolute atomic E-state index is 0.122. The molecule has 1 amide bonds. The van der Waals surface area contributed by atoms with E-state index in [1.54, 1.807) is 6.21 Å². The molecule has 0 aliphatic heterocycles. The molecular formula is C26H24IN3O. The average molecular weight is 521 g/mol. The fraction of sp³-hybridized carbons (Fsp3) is 0.154. The highest BCUT2D eigenvalue weighted by molar-refractivity contribution is 14.1. The number of fused-ring (bicyclic) bond motifs is 1. The number of nitrogens with one attached hydrogen (secondary N) is 1. The van der Waals surface area contributed by atoms with Crippen molar-refractivity contribution < 1.29 is 4.79 Å². The summed E-state index contributed by atoms with van der Waals surface area (Å²) in [6.07, 6.45) is 5.12. The van der Waals surface area contributed by atoms with E-state index in [-0.39, 0.29) is 5.91 Å². The maximum atomic E-state index is 12.3. The zero-order chi connectivity index (χ0) is 21.6. The van der Waals surface area contributed by atoms with E-state index in [4.69, 9.17) is 0 Å². The number of carbonyl (C=O) groups excluding carboxylic acids is 1. The fourth-order valence-electron chi connectivity index (χ4n) is 3.59. The van der Waals surface area contributed by atoms with Crippen LogP contribution in [0.1, 0.15) is 29.2 Å². The Labute approximate surface area is 196 Å². The largest absolute Gasteiger partial charge is 0.342 e. The molecule has 0 unspecified atom stereocenters. The van der Waals surface area contributed by atoms with Gasteiger partial charge in [0.15, 0.2) is 0 Å². The lowest BCUT2D eigenvalue weighted by Gasteiger charge is -2.05. The Morgan fingerprint density at radius 2 is 1.65 bits per heavy atom. The van der Waals surface area contributed by atoms with Gasteiger partial charge in [-0.1, -0.05) is 61.5 Å². The number of hydrogen-bond acceptors (Lipinski definition) is 2. The average Bonchev–Trinajstić information content (AvgIpc) is 3.13. The topological polar surface area (TPSA) is 46.4 Å². The number of hydrogen-bond donors (Lipinski definition) is 1. The van der Waals surface area contributed by atoms with Gasteiger partial charge in [-0.25, -0.2) is 5.43 Å². The predicted molar refractivity (Wildman–Crippen MR) is 135 cm³/mol. The van der Waals surface area contributed by atoms with Gasteiger partial charge in [0.25, 0.3) is 0 Å². The molecule has 1 aromatic heterocycles. The van der Waals surface area contributed by atoms with Crippen molar-refractivity contribution in [3.63, 3.8) is 0 Å². The number of aromatic nitrogens is 1. The number of benzene rings is 3. The van der Waals surface area contributed by atoms with E-state index in [9.17, 15) is 4.79 Å². The van der Waals surface area contributed by atoms with Crippen LogP contribution in [0.25, 0.3) is 10.9 Å². The molecule has 156 valence electrons. The number of nitrogens with zero attached hydrogens (tertiary/aromatic N) is 2. The number of aryl methyl sites for hydroxylation is 1. The molecular weight excluding hydrogens is 497 g/mol. The van der Waals surface area contributed by atoms with E-state index in [2.05, 4.69) is 99.3 Å². The van der Waals surface area contributed by atoms with E-state index in [1.165, 1.54) is 14.7 Å². The molecule has 5 heteroatoms. The molecule has 4 aromatic rings. The molecule has 0 saturated heterocycles. The molecule has 0 atom stereocenters. The van der Waals surface area contributed by atoms with Crippen LogP contribution in [0.5, 0.6) is 0 Å². The van der Waals surface area contributed by atoms with Crippen molar-refractivity contribution in [2.24, 2.45) is 5.10 Å². The number of halogens is 1. The highest BCUT2D eigenvalue weighted by Gasteiger charge is 2.08. The van der Waals surface area contributed by atoms with Crippen LogP contribution in [-0.4, -0.2) is 16.7 Å². The summed E-state index contributed by atoms with van der Waals surface area (Å²) >= 11 is 2.32. The van der Waals surface area contributed by atoms with Crippen LogP contribution in [0.4, 0.5) is 0 Å². The lowest BCUT2D eigenvalue weighted by Crippen LogP contribution is -2.19. The van der Waals surface area contributed by atoms with Gasteiger partial charge in [0.05, 0.1) is 12.6 Å². The van der Waals surface area contributed by atoms with Crippen LogP contribution < -0.4 is 5.43 Å². The van der Waals surface area contributed by atoms with E-state index < -0.39 is 0 Å². The Bertz CT molecular complexity index is 1210. The van der Waals surface area contributed by atoms with Gasteiger partial charge in [0.1, 0.15) is 0 Å². The van der Waals surface area contributed by atoms with Crippen molar-refractivity contribution >= 4 is 45.6 Å². The smallest absolute Gasteiger partial charge is 0.244 e. The summed E-state index contributed by atoms with van der Waals surface area (Å²) < 4.78 is 3.44. The summed E-state index contributed by atoms with van der Waals surface area (Å²) in [6.45, 7) is 2.90. The number of amides is 1. The molecule has 0 radical (unpaired) electrons. The molecule has 4 nitrogen and oxygen atoms in total. The molecule has 1 N–H and O–H groups in total. The molecule has 3 aromatic carbocycles. The number of carbonyl (C=O) groups is 1. The first-order valence-electron chi connectivity index (χ1n) is 10.3. The van der Waals surface area contributed by atoms with Gasteiger partial charge in [-0.05, 0) is 63.9 Å². The third-order valence-electron chi connectivity index (χ3n) is 5.27. The SMILES string of the molecule is CCc1ccc(CC(=O)N/N=C\c2cn(Cc3ccc(I)cc3)c3ccccc23)cc1. The van der Waals surface area contributed by atoms with Crippen LogP contribution in [0.2, 0.25) is 0 Å². The quantitative estimate of drug-likeness (QED) is 0.194. The highest BCUT2D eigenvalue weighted by Crippen LogP contribution is 2.21. The fourth-order valence-corrected chi connectivity index (χ4v) is 3.95. The Hall–Kier alpha value is -2.93. The summed E-state index contributed by atoms with van der Waals surface area (Å²) in [5.41, 5.74) is 8.28. The van der Waals surface area contributed by atoms with Crippen LogP contribution >= 0.6 is 22.6 Å². The van der Waals surface area contributed by atoms with Gasteiger partial charge in [-0.2, -0.15) is 5.10 Å². The second-order valence-electron chi connectivity index (χ2n) is 7.50. The van der Waals surface area contributed by atoms with Crippen LogP contribution in [0, 0.1) is 3.57 Å². The van der Waals surface area contributed by atoms with Crippen molar-refractivity contribution in [1.82, 2.24) is 9.99 Å². The number of rotatable bonds is 7. The van der Waals surface area contributed by atoms with Crippen molar-refractivity contribution in [3.05, 3.63) is 105 Å². The van der Waals surface area contributed by atoms with Crippen LogP contribution in [0.3, 0.4) is 0 Å². The monoisotopic (exact) mass is 521 g/mol. The van der Waals surface area contributed by atoms with E-state index >= 15 is 0 Å². The minimum Gasteiger partial charge on any atom is -0.342 e. The Kier molecular flexibility index (Phi) is 6.82. The standard InChI is InChI=1S/C26H24IN3O/c1-2-19-7-9-20(10-8-19)15-26(31)29-28-16-22-18-30(25-6-4-3-5-24(22)25)17-21-11-13-23(27)14-12-21/h3-14,16,18H,2,15,17H2,1H3,(H,29,31)/b28-16-. The zero-order valence-corrected chi connectivity index (χ0v) is 19.5. The molecule has 0 fully saturated rings. The maximum Gasteiger partial charge on any atom is 0.244 e. The highest BCUT2D eigenvalue weighted by atomic mass is 127. The molecule has 0 aliphatic rings. The van der Waals surface area contributed by atoms with Crippen molar-refractivity contribution in [2.45, 2.75) is 26.3 Å². The van der Waals surface area contributed by atoms with Gasteiger partial charge in [0.2, 0.25) is 5.91 Å². The zero-order valence-electron chi connectivity index (χ0n) is 17.4. The first-order valence-corrected chi connectivity index (χ1v) is 11.4. The van der Waals surface area contributed by atoms with Crippen molar-refractivity contribution in [3.8, 4) is 0 Å². The summed E-state index contributed by atoms with van der Waals surface area (Å²) in [6, 6.07) is 24.9. The summed E-state index contributed by atoms with van der Waals surface area (Å²) in [5, 5.41) is 5.33. The first kappa shape index (κ1) is 21.3. The number of hydrazone groups is 1. The van der Waals surface area contributed by atoms with Crippen molar-refractivity contribution in [2.75, 3.05) is 0 Å². The molecule has 0 spiro atoms. The van der Waals surface area contributed by atoms with Crippen LogP contribution in [-0.2, 0) is 24.2 Å². The van der Waals surface area contributed by atoms with Gasteiger partial charge in [-0.15, -0.1) is 0 Å². The molecule has 0 bridgehead atoms. The molecule has 1 heterocycles. The minimum atomic E-state index is -0.122. The van der Waals surface area contributed by atoms with E-state index in [1.807, 2.05) is 24.3 Å². The summed E-state index contributed by atoms with van der Waals surface area (Å²) in [5.74, 6) is -0.122. The lowest BCUT2D eigenvalue weighted by molar-refractivity contribution is -0.120.